The molecule has 0 unspecified atom stereocenters. The van der Waals surface area contributed by atoms with Gasteiger partial charge in [0.2, 0.25) is 0 Å². The van der Waals surface area contributed by atoms with E-state index in [-0.39, 0.29) is 0 Å². The lowest BCUT2D eigenvalue weighted by Crippen LogP contribution is -1.78. The van der Waals surface area contributed by atoms with Crippen molar-refractivity contribution in [3.8, 4) is 0 Å². The molecule has 0 heterocycles. The zero-order valence-corrected chi connectivity index (χ0v) is 5.19. The molecule has 0 aliphatic carbocycles. The van der Waals surface area contributed by atoms with Crippen LogP contribution in [-0.2, 0) is 0 Å². The summed E-state index contributed by atoms with van der Waals surface area (Å²) < 4.78 is 0. The van der Waals surface area contributed by atoms with Crippen LogP contribution in [0.4, 0.5) is 0 Å². The molecule has 0 fully saturated rings. The maximum atomic E-state index is 8.56. The Bertz CT molecular complexity index is 66.8. The zero-order valence-electron chi connectivity index (χ0n) is 5.19. The van der Waals surface area contributed by atoms with Crippen molar-refractivity contribution < 1.29 is 5.11 Å². The van der Waals surface area contributed by atoms with Crippen LogP contribution >= 0.6 is 0 Å². The lowest BCUT2D eigenvalue weighted by molar-refractivity contribution is 0.385. The standard InChI is InChI=1S/C7H12O/c1-3-4-5-6-7(2)8/h1-6H2/p+1. The van der Waals surface area contributed by atoms with E-state index in [0.29, 0.717) is 5.76 Å². The second-order valence-electron chi connectivity index (χ2n) is 1.88. The van der Waals surface area contributed by atoms with E-state index in [0.717, 1.165) is 25.7 Å². The van der Waals surface area contributed by atoms with E-state index in [1.165, 1.54) is 0 Å². The molecule has 1 nitrogen and oxygen atoms in total. The summed E-state index contributed by atoms with van der Waals surface area (Å²) in [4.78, 5) is 0. The highest BCUT2D eigenvalue weighted by molar-refractivity contribution is 4.77. The van der Waals surface area contributed by atoms with Gasteiger partial charge in [-0.2, -0.15) is 0 Å². The van der Waals surface area contributed by atoms with Crippen molar-refractivity contribution in [2.45, 2.75) is 25.7 Å². The van der Waals surface area contributed by atoms with Gasteiger partial charge >= 0.3 is 0 Å². The average Bonchev–Trinajstić information content (AvgIpc) is 1.66. The fourth-order valence-corrected chi connectivity index (χ4v) is 0.506. The largest absolute Gasteiger partial charge is 0.513 e. The molecule has 0 amide bonds. The van der Waals surface area contributed by atoms with E-state index in [9.17, 15) is 0 Å². The van der Waals surface area contributed by atoms with Gasteiger partial charge in [-0.15, -0.1) is 0 Å². The Morgan fingerprint density at radius 1 is 1.50 bits per heavy atom. The van der Waals surface area contributed by atoms with Gasteiger partial charge < -0.3 is 5.11 Å². The quantitative estimate of drug-likeness (QED) is 0.337. The first kappa shape index (κ1) is 7.41. The Labute approximate surface area is 51.0 Å². The summed E-state index contributed by atoms with van der Waals surface area (Å²) in [5, 5.41) is 8.56. The Hall–Kier alpha value is -0.590. The average molecular weight is 113 g/mol. The monoisotopic (exact) mass is 113 g/mol. The third-order valence-electron chi connectivity index (χ3n) is 0.965. The van der Waals surface area contributed by atoms with E-state index >= 15 is 0 Å². The van der Waals surface area contributed by atoms with Crippen molar-refractivity contribution in [2.24, 2.45) is 0 Å². The maximum absolute atomic E-state index is 8.56. The van der Waals surface area contributed by atoms with Gasteiger partial charge in [-0.3, -0.25) is 0 Å². The topological polar surface area (TPSA) is 20.2 Å². The molecule has 0 saturated heterocycles. The van der Waals surface area contributed by atoms with Crippen LogP contribution in [0.15, 0.2) is 12.3 Å². The first-order chi connectivity index (χ1) is 3.77. The molecular formula is C7H13O+. The molecule has 0 aromatic heterocycles. The third-order valence-corrected chi connectivity index (χ3v) is 0.965. The molecule has 1 N–H and O–H groups in total. The van der Waals surface area contributed by atoms with Crippen molar-refractivity contribution in [3.05, 3.63) is 19.3 Å². The molecular weight excluding hydrogens is 100 g/mol. The van der Waals surface area contributed by atoms with Crippen LogP contribution in [0, 0.1) is 6.92 Å². The zero-order chi connectivity index (χ0) is 6.41. The number of allylic oxidation sites excluding steroid dienone is 1. The van der Waals surface area contributed by atoms with Gasteiger partial charge in [-0.25, -0.2) is 0 Å². The van der Waals surface area contributed by atoms with Crippen LogP contribution in [0.25, 0.3) is 0 Å². The Kier molecular flexibility index (Phi) is 4.23. The lowest BCUT2D eigenvalue weighted by atomic mass is 10.2. The molecule has 0 bridgehead atoms. The third kappa shape index (κ3) is 5.41. The van der Waals surface area contributed by atoms with Gasteiger partial charge in [0.05, 0.1) is 19.1 Å². The minimum atomic E-state index is 0.290. The summed E-state index contributed by atoms with van der Waals surface area (Å²) in [7, 11) is 0. The molecule has 0 rings (SSSR count). The van der Waals surface area contributed by atoms with Gasteiger partial charge in [-0.05, 0) is 12.8 Å². The molecule has 8 heavy (non-hydrogen) atoms. The Balaban J connectivity index is 2.82. The number of hydrogen-bond acceptors (Lipinski definition) is 1. The van der Waals surface area contributed by atoms with E-state index in [1.807, 2.05) is 0 Å². The van der Waals surface area contributed by atoms with Crippen molar-refractivity contribution in [2.75, 3.05) is 0 Å². The van der Waals surface area contributed by atoms with Crippen LogP contribution < -0.4 is 0 Å². The summed E-state index contributed by atoms with van der Waals surface area (Å²) in [5.74, 6) is 0.290. The van der Waals surface area contributed by atoms with Crippen molar-refractivity contribution in [1.29, 1.82) is 0 Å². The molecule has 46 valence electrons. The minimum Gasteiger partial charge on any atom is -0.513 e. The van der Waals surface area contributed by atoms with Crippen molar-refractivity contribution >= 4 is 0 Å². The highest BCUT2D eigenvalue weighted by Gasteiger charge is 1.89. The summed E-state index contributed by atoms with van der Waals surface area (Å²) in [6.07, 6.45) is 3.78. The number of hydrogen-bond donors (Lipinski definition) is 1. The Morgan fingerprint density at radius 3 is 2.50 bits per heavy atom. The van der Waals surface area contributed by atoms with E-state index in [2.05, 4.69) is 13.5 Å². The van der Waals surface area contributed by atoms with Crippen molar-refractivity contribution in [3.63, 3.8) is 0 Å². The van der Waals surface area contributed by atoms with Crippen molar-refractivity contribution in [1.82, 2.24) is 0 Å². The van der Waals surface area contributed by atoms with Gasteiger partial charge in [0.15, 0.2) is 0 Å². The molecule has 0 radical (unpaired) electrons. The highest BCUT2D eigenvalue weighted by Crippen LogP contribution is 2.02. The van der Waals surface area contributed by atoms with Gasteiger partial charge in [0.25, 0.3) is 0 Å². The first-order valence-electron chi connectivity index (χ1n) is 2.93. The smallest absolute Gasteiger partial charge is 0.0851 e. The molecule has 1 heteroatoms. The highest BCUT2D eigenvalue weighted by atomic mass is 16.3. The Morgan fingerprint density at radius 2 is 2.12 bits per heavy atom. The normalized spacial score (nSPS) is 9.00. The minimum absolute atomic E-state index is 0.290. The van der Waals surface area contributed by atoms with Crippen LogP contribution in [0.1, 0.15) is 25.7 Å². The van der Waals surface area contributed by atoms with Gasteiger partial charge in [0, 0.05) is 6.42 Å². The van der Waals surface area contributed by atoms with E-state index in [4.69, 9.17) is 5.11 Å². The van der Waals surface area contributed by atoms with Crippen LogP contribution in [0.5, 0.6) is 0 Å². The molecule has 0 saturated carbocycles. The van der Waals surface area contributed by atoms with Gasteiger partial charge in [0.1, 0.15) is 0 Å². The number of aliphatic hydroxyl groups is 1. The summed E-state index contributed by atoms with van der Waals surface area (Å²) in [6, 6.07) is 0. The maximum Gasteiger partial charge on any atom is 0.0851 e. The van der Waals surface area contributed by atoms with Crippen LogP contribution in [0.2, 0.25) is 0 Å². The summed E-state index contributed by atoms with van der Waals surface area (Å²) in [5.41, 5.74) is 0. The SMILES string of the molecule is C=C(O)CCCC[CH2+]. The predicted octanol–water partition coefficient (Wildman–Crippen LogP) is 2.45. The van der Waals surface area contributed by atoms with Crippen LogP contribution in [-0.4, -0.2) is 5.11 Å². The molecule has 0 aromatic carbocycles. The fourth-order valence-electron chi connectivity index (χ4n) is 0.506. The molecule has 0 aromatic rings. The predicted molar refractivity (Wildman–Crippen MR) is 35.6 cm³/mol. The summed E-state index contributed by atoms with van der Waals surface area (Å²) in [6.45, 7) is 7.03. The lowest BCUT2D eigenvalue weighted by Gasteiger charge is -1.92. The van der Waals surface area contributed by atoms with Gasteiger partial charge in [-0.1, -0.05) is 6.58 Å². The molecule has 0 aliphatic rings. The number of aliphatic hydroxyl groups excluding tert-OH is 1. The molecule has 0 aliphatic heterocycles. The van der Waals surface area contributed by atoms with E-state index in [1.54, 1.807) is 0 Å². The van der Waals surface area contributed by atoms with Crippen LogP contribution in [0.3, 0.4) is 0 Å². The second-order valence-corrected chi connectivity index (χ2v) is 1.88. The fraction of sp³-hybridized carbons (Fsp3) is 0.571. The summed E-state index contributed by atoms with van der Waals surface area (Å²) >= 11 is 0. The van der Waals surface area contributed by atoms with E-state index < -0.39 is 0 Å². The number of rotatable bonds is 4. The molecule has 0 atom stereocenters. The first-order valence-corrected chi connectivity index (χ1v) is 2.93. The molecule has 0 spiro atoms. The second kappa shape index (κ2) is 4.57. The number of unbranched alkanes of at least 4 members (excludes halogenated alkanes) is 2.